The van der Waals surface area contributed by atoms with Gasteiger partial charge in [0.2, 0.25) is 5.91 Å². The third-order valence-corrected chi connectivity index (χ3v) is 6.25. The summed E-state index contributed by atoms with van der Waals surface area (Å²) in [6, 6.07) is 0.286. The van der Waals surface area contributed by atoms with Gasteiger partial charge in [-0.3, -0.25) is 9.59 Å². The summed E-state index contributed by atoms with van der Waals surface area (Å²) in [7, 11) is 0. The highest BCUT2D eigenvalue weighted by Crippen LogP contribution is 2.30. The molecule has 4 rings (SSSR count). The van der Waals surface area contributed by atoms with Crippen LogP contribution >= 0.6 is 11.6 Å². The maximum Gasteiger partial charge on any atom is 0.407 e. The van der Waals surface area contributed by atoms with Crippen LogP contribution in [0.2, 0.25) is 5.02 Å². The fourth-order valence-electron chi connectivity index (χ4n) is 4.04. The SMILES string of the molecule is O=C(N[C@H]1CC[C@H](NC(=O)C2CC2)CC1)O[C@@H]1CCN(c2cn[nH]c(=O)c2Cl)C1. The molecule has 3 fully saturated rings. The summed E-state index contributed by atoms with van der Waals surface area (Å²) >= 11 is 6.05. The molecule has 158 valence electrons. The van der Waals surface area contributed by atoms with Gasteiger partial charge in [-0.25, -0.2) is 9.89 Å². The quantitative estimate of drug-likeness (QED) is 0.661. The predicted molar refractivity (Wildman–Crippen MR) is 107 cm³/mol. The Kier molecular flexibility index (Phi) is 5.94. The van der Waals surface area contributed by atoms with Gasteiger partial charge in [-0.2, -0.15) is 5.10 Å². The highest BCUT2D eigenvalue weighted by molar-refractivity contribution is 6.33. The van der Waals surface area contributed by atoms with Crippen molar-refractivity contribution in [1.29, 1.82) is 0 Å². The third kappa shape index (κ3) is 5.01. The number of hydrogen-bond donors (Lipinski definition) is 3. The topological polar surface area (TPSA) is 116 Å². The van der Waals surface area contributed by atoms with Crippen LogP contribution in [0.4, 0.5) is 10.5 Å². The van der Waals surface area contributed by atoms with E-state index >= 15 is 0 Å². The van der Waals surface area contributed by atoms with Gasteiger partial charge >= 0.3 is 6.09 Å². The normalized spacial score (nSPS) is 26.8. The second-order valence-electron chi connectivity index (χ2n) is 8.14. The molecule has 0 radical (unpaired) electrons. The van der Waals surface area contributed by atoms with Crippen LogP contribution in [0.5, 0.6) is 0 Å². The number of halogens is 1. The second kappa shape index (κ2) is 8.61. The van der Waals surface area contributed by atoms with Crippen LogP contribution in [0.1, 0.15) is 44.9 Å². The standard InChI is InChI=1S/C19H26ClN5O4/c20-16-15(9-21-24-18(16)27)25-8-7-14(10-25)29-19(28)23-13-5-3-12(4-6-13)22-17(26)11-1-2-11/h9,11-14H,1-8,10H2,(H,22,26)(H,23,28)(H,24,27)/t12-,13-,14-/m1/s1. The van der Waals surface area contributed by atoms with E-state index in [-0.39, 0.29) is 35.0 Å². The van der Waals surface area contributed by atoms with Gasteiger partial charge in [-0.15, -0.1) is 0 Å². The average molecular weight is 424 g/mol. The van der Waals surface area contributed by atoms with Crippen LogP contribution in [0.3, 0.4) is 0 Å². The first-order valence-corrected chi connectivity index (χ1v) is 10.6. The van der Waals surface area contributed by atoms with E-state index in [2.05, 4.69) is 20.8 Å². The summed E-state index contributed by atoms with van der Waals surface area (Å²) in [5, 5.41) is 12.2. The van der Waals surface area contributed by atoms with Gasteiger partial charge < -0.3 is 20.3 Å². The molecule has 1 aromatic heterocycles. The van der Waals surface area contributed by atoms with Crippen molar-refractivity contribution in [2.24, 2.45) is 5.92 Å². The van der Waals surface area contributed by atoms with Gasteiger partial charge in [0.1, 0.15) is 11.1 Å². The van der Waals surface area contributed by atoms with E-state index in [1.54, 1.807) is 0 Å². The number of nitrogens with one attached hydrogen (secondary N) is 3. The number of amides is 2. The van der Waals surface area contributed by atoms with Gasteiger partial charge in [-0.05, 0) is 38.5 Å². The highest BCUT2D eigenvalue weighted by atomic mass is 35.5. The van der Waals surface area contributed by atoms with Crippen LogP contribution in [0, 0.1) is 5.92 Å². The van der Waals surface area contributed by atoms with Crippen molar-refractivity contribution in [2.75, 3.05) is 18.0 Å². The molecule has 2 aliphatic carbocycles. The monoisotopic (exact) mass is 423 g/mol. The number of H-pyrrole nitrogens is 1. The molecule has 29 heavy (non-hydrogen) atoms. The fraction of sp³-hybridized carbons (Fsp3) is 0.684. The van der Waals surface area contributed by atoms with Crippen LogP contribution in [0.15, 0.2) is 11.0 Å². The lowest BCUT2D eigenvalue weighted by Gasteiger charge is -2.29. The third-order valence-electron chi connectivity index (χ3n) is 5.88. The minimum atomic E-state index is -0.435. The summed E-state index contributed by atoms with van der Waals surface area (Å²) in [5.74, 6) is 0.411. The minimum absolute atomic E-state index is 0.0698. The minimum Gasteiger partial charge on any atom is -0.444 e. The van der Waals surface area contributed by atoms with Gasteiger partial charge in [0.25, 0.3) is 5.56 Å². The number of aromatic nitrogens is 2. The number of rotatable bonds is 5. The lowest BCUT2D eigenvalue weighted by molar-refractivity contribution is -0.123. The Balaban J connectivity index is 1.19. The van der Waals surface area contributed by atoms with E-state index in [0.29, 0.717) is 25.2 Å². The Morgan fingerprint density at radius 2 is 1.79 bits per heavy atom. The number of alkyl carbamates (subject to hydrolysis) is 1. The highest BCUT2D eigenvalue weighted by Gasteiger charge is 2.33. The van der Waals surface area contributed by atoms with E-state index in [1.807, 2.05) is 4.90 Å². The summed E-state index contributed by atoms with van der Waals surface area (Å²) in [6.07, 6.45) is 6.90. The summed E-state index contributed by atoms with van der Waals surface area (Å²) < 4.78 is 5.56. The molecule has 1 aliphatic heterocycles. The smallest absolute Gasteiger partial charge is 0.407 e. The van der Waals surface area contributed by atoms with E-state index in [1.165, 1.54) is 6.20 Å². The van der Waals surface area contributed by atoms with Crippen molar-refractivity contribution in [3.05, 3.63) is 21.6 Å². The van der Waals surface area contributed by atoms with Gasteiger partial charge in [0.15, 0.2) is 0 Å². The molecule has 0 spiro atoms. The van der Waals surface area contributed by atoms with Crippen LogP contribution < -0.4 is 21.1 Å². The van der Waals surface area contributed by atoms with Crippen molar-refractivity contribution in [2.45, 2.75) is 63.1 Å². The predicted octanol–water partition coefficient (Wildman–Crippen LogP) is 1.57. The first kappa shape index (κ1) is 20.0. The Bertz CT molecular complexity index is 819. The molecule has 2 amide bonds. The zero-order chi connectivity index (χ0) is 20.4. The molecule has 0 unspecified atom stereocenters. The van der Waals surface area contributed by atoms with Crippen LogP contribution in [-0.4, -0.2) is 53.5 Å². The van der Waals surface area contributed by atoms with Crippen molar-refractivity contribution < 1.29 is 14.3 Å². The summed E-state index contributed by atoms with van der Waals surface area (Å²) in [6.45, 7) is 1.10. The summed E-state index contributed by atoms with van der Waals surface area (Å²) in [5.41, 5.74) is 0.115. The van der Waals surface area contributed by atoms with Gasteiger partial charge in [0, 0.05) is 31.0 Å². The molecule has 0 aromatic carbocycles. The lowest BCUT2D eigenvalue weighted by Crippen LogP contribution is -2.45. The Labute approximate surface area is 173 Å². The molecular weight excluding hydrogens is 398 g/mol. The molecule has 2 heterocycles. The van der Waals surface area contributed by atoms with Gasteiger partial charge in [0.05, 0.1) is 18.4 Å². The molecule has 2 saturated carbocycles. The molecule has 0 bridgehead atoms. The van der Waals surface area contributed by atoms with Crippen molar-refractivity contribution in [3.63, 3.8) is 0 Å². The Morgan fingerprint density at radius 3 is 2.48 bits per heavy atom. The number of nitrogens with zero attached hydrogens (tertiary/aromatic N) is 2. The van der Waals surface area contributed by atoms with Crippen molar-refractivity contribution in [3.8, 4) is 0 Å². The van der Waals surface area contributed by atoms with E-state index in [0.717, 1.165) is 38.5 Å². The Hall–Kier alpha value is -2.29. The molecule has 10 heteroatoms. The lowest BCUT2D eigenvalue weighted by atomic mass is 9.91. The van der Waals surface area contributed by atoms with Crippen LogP contribution in [-0.2, 0) is 9.53 Å². The molecule has 9 nitrogen and oxygen atoms in total. The largest absolute Gasteiger partial charge is 0.444 e. The molecule has 1 aromatic rings. The maximum atomic E-state index is 12.3. The second-order valence-corrected chi connectivity index (χ2v) is 8.51. The average Bonchev–Trinajstić information content (AvgIpc) is 3.46. The van der Waals surface area contributed by atoms with E-state index in [4.69, 9.17) is 16.3 Å². The molecule has 1 saturated heterocycles. The number of aromatic amines is 1. The fourth-order valence-corrected chi connectivity index (χ4v) is 4.25. The van der Waals surface area contributed by atoms with Crippen molar-refractivity contribution in [1.82, 2.24) is 20.8 Å². The number of anilines is 1. The zero-order valence-electron chi connectivity index (χ0n) is 16.2. The van der Waals surface area contributed by atoms with Crippen molar-refractivity contribution >= 4 is 29.3 Å². The molecular formula is C19H26ClN5O4. The maximum absolute atomic E-state index is 12.3. The van der Waals surface area contributed by atoms with E-state index in [9.17, 15) is 14.4 Å². The van der Waals surface area contributed by atoms with Crippen LogP contribution in [0.25, 0.3) is 0 Å². The molecule has 3 N–H and O–H groups in total. The van der Waals surface area contributed by atoms with E-state index < -0.39 is 11.7 Å². The number of ether oxygens (including phenoxy) is 1. The number of hydrogen-bond acceptors (Lipinski definition) is 6. The Morgan fingerprint density at radius 1 is 1.10 bits per heavy atom. The number of carbonyl (C=O) groups excluding carboxylic acids is 2. The molecule has 3 aliphatic rings. The summed E-state index contributed by atoms with van der Waals surface area (Å²) in [4.78, 5) is 37.6. The molecule has 1 atom stereocenters. The zero-order valence-corrected chi connectivity index (χ0v) is 16.9. The number of carbonyl (C=O) groups is 2. The first-order valence-electron chi connectivity index (χ1n) is 10.2. The first-order chi connectivity index (χ1) is 14.0. The van der Waals surface area contributed by atoms with Gasteiger partial charge in [-0.1, -0.05) is 11.6 Å².